The molecule has 1 aliphatic carbocycles. The van der Waals surface area contributed by atoms with Crippen LogP contribution >= 0.6 is 0 Å². The fourth-order valence-electron chi connectivity index (χ4n) is 3.17. The Kier molecular flexibility index (Phi) is 4.64. The highest BCUT2D eigenvalue weighted by atomic mass is 16.3. The summed E-state index contributed by atoms with van der Waals surface area (Å²) in [4.78, 5) is 0. The molecule has 0 aliphatic heterocycles. The lowest BCUT2D eigenvalue weighted by Crippen LogP contribution is -2.32. The minimum absolute atomic E-state index is 0.298. The zero-order valence-corrected chi connectivity index (χ0v) is 12.4. The van der Waals surface area contributed by atoms with Gasteiger partial charge in [-0.3, -0.25) is 0 Å². The maximum absolute atomic E-state index is 9.04. The molecule has 0 saturated carbocycles. The van der Waals surface area contributed by atoms with Gasteiger partial charge in [0.25, 0.3) is 0 Å². The average Bonchev–Trinajstić information content (AvgIpc) is 2.64. The Morgan fingerprint density at radius 2 is 2.11 bits per heavy atom. The van der Waals surface area contributed by atoms with E-state index in [0.29, 0.717) is 24.0 Å². The predicted molar refractivity (Wildman–Crippen MR) is 80.2 cm³/mol. The molecular weight excluding hydrogens is 234 g/mol. The Bertz CT molecular complexity index is 413. The van der Waals surface area contributed by atoms with Crippen LogP contribution in [0.2, 0.25) is 0 Å². The summed E-state index contributed by atoms with van der Waals surface area (Å²) in [6.45, 7) is 8.14. The van der Waals surface area contributed by atoms with E-state index in [1.807, 2.05) is 0 Å². The highest BCUT2D eigenvalue weighted by Gasteiger charge is 2.37. The first-order chi connectivity index (χ1) is 9.04. The van der Waals surface area contributed by atoms with E-state index in [0.717, 1.165) is 25.8 Å². The topological polar surface area (TPSA) is 32.3 Å². The zero-order chi connectivity index (χ0) is 13.9. The van der Waals surface area contributed by atoms with Crippen LogP contribution in [0, 0.1) is 11.3 Å². The summed E-state index contributed by atoms with van der Waals surface area (Å²) in [5, 5.41) is 12.8. The van der Waals surface area contributed by atoms with E-state index in [1.54, 1.807) is 0 Å². The van der Waals surface area contributed by atoms with E-state index in [9.17, 15) is 0 Å². The van der Waals surface area contributed by atoms with Gasteiger partial charge in [-0.25, -0.2) is 0 Å². The largest absolute Gasteiger partial charge is 0.396 e. The van der Waals surface area contributed by atoms with Crippen LogP contribution < -0.4 is 5.32 Å². The molecule has 1 aromatic rings. The molecule has 106 valence electrons. The Morgan fingerprint density at radius 1 is 1.37 bits per heavy atom. The standard InChI is InChI=1S/C17H27NO/c1-13(12-19)7-6-10-18-16-15-9-5-4-8-14(15)11-17(16,2)3/h4-5,8-9,13,16,18-19H,6-7,10-12H2,1-3H3. The number of fused-ring (bicyclic) bond motifs is 1. The van der Waals surface area contributed by atoms with Crippen molar-refractivity contribution in [1.82, 2.24) is 5.32 Å². The highest BCUT2D eigenvalue weighted by molar-refractivity contribution is 5.37. The van der Waals surface area contributed by atoms with Crippen molar-refractivity contribution in [2.45, 2.75) is 46.1 Å². The van der Waals surface area contributed by atoms with Crippen LogP contribution in [0.25, 0.3) is 0 Å². The van der Waals surface area contributed by atoms with Crippen LogP contribution in [-0.4, -0.2) is 18.3 Å². The molecule has 1 aliphatic rings. The third-order valence-electron chi connectivity index (χ3n) is 4.33. The smallest absolute Gasteiger partial charge is 0.0456 e. The summed E-state index contributed by atoms with van der Waals surface area (Å²) >= 11 is 0. The van der Waals surface area contributed by atoms with Crippen molar-refractivity contribution in [3.8, 4) is 0 Å². The van der Waals surface area contributed by atoms with Gasteiger partial charge in [0, 0.05) is 12.6 Å². The second-order valence-corrected chi connectivity index (χ2v) is 6.68. The van der Waals surface area contributed by atoms with E-state index in [-0.39, 0.29) is 0 Å². The average molecular weight is 261 g/mol. The van der Waals surface area contributed by atoms with Gasteiger partial charge in [0.15, 0.2) is 0 Å². The molecule has 2 rings (SSSR count). The highest BCUT2D eigenvalue weighted by Crippen LogP contribution is 2.44. The number of nitrogens with one attached hydrogen (secondary N) is 1. The summed E-state index contributed by atoms with van der Waals surface area (Å²) in [6, 6.07) is 9.27. The lowest BCUT2D eigenvalue weighted by molar-refractivity contribution is 0.223. The fourth-order valence-corrected chi connectivity index (χ4v) is 3.17. The zero-order valence-electron chi connectivity index (χ0n) is 12.4. The molecule has 19 heavy (non-hydrogen) atoms. The van der Waals surface area contributed by atoms with Crippen molar-refractivity contribution < 1.29 is 5.11 Å². The molecular formula is C17H27NO. The molecule has 2 N–H and O–H groups in total. The van der Waals surface area contributed by atoms with E-state index >= 15 is 0 Å². The summed E-state index contributed by atoms with van der Waals surface area (Å²) in [5.41, 5.74) is 3.27. The van der Waals surface area contributed by atoms with Crippen LogP contribution in [0.1, 0.15) is 50.8 Å². The summed E-state index contributed by atoms with van der Waals surface area (Å²) in [7, 11) is 0. The van der Waals surface area contributed by atoms with Gasteiger partial charge in [-0.2, -0.15) is 0 Å². The van der Waals surface area contributed by atoms with Crippen LogP contribution in [0.4, 0.5) is 0 Å². The Labute approximate surface area is 117 Å². The first-order valence-corrected chi connectivity index (χ1v) is 7.46. The van der Waals surface area contributed by atoms with Gasteiger partial charge in [-0.15, -0.1) is 0 Å². The molecule has 0 amide bonds. The Hall–Kier alpha value is -0.860. The molecule has 0 spiro atoms. The molecule has 0 heterocycles. The van der Waals surface area contributed by atoms with Crippen LogP contribution in [0.15, 0.2) is 24.3 Å². The van der Waals surface area contributed by atoms with Gasteiger partial charge in [0.05, 0.1) is 0 Å². The normalized spacial score (nSPS) is 22.2. The molecule has 2 heteroatoms. The van der Waals surface area contributed by atoms with Crippen LogP contribution in [0.5, 0.6) is 0 Å². The summed E-state index contributed by atoms with van der Waals surface area (Å²) < 4.78 is 0. The molecule has 2 unspecified atom stereocenters. The Balaban J connectivity index is 1.92. The predicted octanol–water partition coefficient (Wildman–Crippen LogP) is 3.31. The van der Waals surface area contributed by atoms with Gasteiger partial charge < -0.3 is 10.4 Å². The van der Waals surface area contributed by atoms with Gasteiger partial charge in [0.1, 0.15) is 0 Å². The monoisotopic (exact) mass is 261 g/mol. The fraction of sp³-hybridized carbons (Fsp3) is 0.647. The van der Waals surface area contributed by atoms with Crippen molar-refractivity contribution in [3.63, 3.8) is 0 Å². The number of hydrogen-bond acceptors (Lipinski definition) is 2. The maximum Gasteiger partial charge on any atom is 0.0456 e. The van der Waals surface area contributed by atoms with E-state index < -0.39 is 0 Å². The van der Waals surface area contributed by atoms with Crippen molar-refractivity contribution in [2.24, 2.45) is 11.3 Å². The van der Waals surface area contributed by atoms with E-state index in [4.69, 9.17) is 5.11 Å². The number of aliphatic hydroxyl groups excluding tert-OH is 1. The lowest BCUT2D eigenvalue weighted by atomic mass is 9.85. The van der Waals surface area contributed by atoms with Gasteiger partial charge in [-0.1, -0.05) is 45.0 Å². The van der Waals surface area contributed by atoms with Crippen LogP contribution in [-0.2, 0) is 6.42 Å². The molecule has 2 nitrogen and oxygen atoms in total. The van der Waals surface area contributed by atoms with Crippen molar-refractivity contribution in [3.05, 3.63) is 35.4 Å². The maximum atomic E-state index is 9.04. The molecule has 0 radical (unpaired) electrons. The molecule has 0 bridgehead atoms. The third-order valence-corrected chi connectivity index (χ3v) is 4.33. The number of rotatable bonds is 6. The summed E-state index contributed by atoms with van der Waals surface area (Å²) in [6.07, 6.45) is 3.39. The SMILES string of the molecule is CC(CO)CCCNC1c2ccccc2CC1(C)C. The van der Waals surface area contributed by atoms with Gasteiger partial charge in [-0.05, 0) is 48.3 Å². The minimum atomic E-state index is 0.298. The van der Waals surface area contributed by atoms with E-state index in [2.05, 4.69) is 50.4 Å². The second kappa shape index (κ2) is 6.06. The molecule has 0 saturated heterocycles. The van der Waals surface area contributed by atoms with Gasteiger partial charge >= 0.3 is 0 Å². The summed E-state index contributed by atoms with van der Waals surface area (Å²) in [5.74, 6) is 0.422. The third kappa shape index (κ3) is 3.37. The molecule has 0 aromatic heterocycles. The molecule has 2 atom stereocenters. The van der Waals surface area contributed by atoms with Gasteiger partial charge in [0.2, 0.25) is 0 Å². The Morgan fingerprint density at radius 3 is 2.84 bits per heavy atom. The number of benzene rings is 1. The number of aliphatic hydroxyl groups is 1. The minimum Gasteiger partial charge on any atom is -0.396 e. The van der Waals surface area contributed by atoms with Crippen molar-refractivity contribution in [2.75, 3.05) is 13.2 Å². The van der Waals surface area contributed by atoms with Crippen LogP contribution in [0.3, 0.4) is 0 Å². The first kappa shape index (κ1) is 14.5. The lowest BCUT2D eigenvalue weighted by Gasteiger charge is -2.29. The van der Waals surface area contributed by atoms with Crippen molar-refractivity contribution >= 4 is 0 Å². The quantitative estimate of drug-likeness (QED) is 0.770. The second-order valence-electron chi connectivity index (χ2n) is 6.68. The molecule has 1 aromatic carbocycles. The molecule has 0 fully saturated rings. The number of hydrogen-bond donors (Lipinski definition) is 2. The van der Waals surface area contributed by atoms with E-state index in [1.165, 1.54) is 11.1 Å². The first-order valence-electron chi connectivity index (χ1n) is 7.46. The van der Waals surface area contributed by atoms with Crippen molar-refractivity contribution in [1.29, 1.82) is 0 Å².